The second-order valence-corrected chi connectivity index (χ2v) is 9.01. The van der Waals surface area contributed by atoms with Gasteiger partial charge in [-0.1, -0.05) is 0 Å². The Morgan fingerprint density at radius 2 is 2.22 bits per heavy atom. The number of carbonyl (C=O) groups excluding carboxylic acids is 1. The SMILES string of the molecule is Cc1nc(-c2ccsc2)sc1C(=O)N1CCCC(c2nncn2C(C)C)C1. The number of piperidine rings is 1. The first-order valence-corrected chi connectivity index (χ1v) is 11.0. The molecule has 3 aromatic heterocycles. The number of amides is 1. The highest BCUT2D eigenvalue weighted by atomic mass is 32.1. The highest BCUT2D eigenvalue weighted by Gasteiger charge is 2.30. The molecular weight excluding hydrogens is 378 g/mol. The van der Waals surface area contributed by atoms with Crippen LogP contribution in [0.15, 0.2) is 23.2 Å². The van der Waals surface area contributed by atoms with Gasteiger partial charge < -0.3 is 9.47 Å². The summed E-state index contributed by atoms with van der Waals surface area (Å²) in [4.78, 5) is 20.5. The fourth-order valence-electron chi connectivity index (χ4n) is 3.56. The summed E-state index contributed by atoms with van der Waals surface area (Å²) in [7, 11) is 0. The fourth-order valence-corrected chi connectivity index (χ4v) is 5.31. The van der Waals surface area contributed by atoms with Gasteiger partial charge in [0.05, 0.1) is 5.69 Å². The van der Waals surface area contributed by atoms with Crippen molar-refractivity contribution in [1.82, 2.24) is 24.6 Å². The lowest BCUT2D eigenvalue weighted by molar-refractivity contribution is 0.0707. The summed E-state index contributed by atoms with van der Waals surface area (Å²) in [5, 5.41) is 13.5. The first-order valence-electron chi connectivity index (χ1n) is 9.23. The summed E-state index contributed by atoms with van der Waals surface area (Å²) < 4.78 is 2.12. The summed E-state index contributed by atoms with van der Waals surface area (Å²) in [6, 6.07) is 2.37. The van der Waals surface area contributed by atoms with Gasteiger partial charge in [-0.2, -0.15) is 11.3 Å². The van der Waals surface area contributed by atoms with Crippen LogP contribution in [0.1, 0.15) is 59.8 Å². The van der Waals surface area contributed by atoms with E-state index in [0.717, 1.165) is 46.4 Å². The third-order valence-electron chi connectivity index (χ3n) is 4.99. The molecule has 1 saturated heterocycles. The molecule has 4 rings (SSSR count). The van der Waals surface area contributed by atoms with Crippen LogP contribution in [0, 0.1) is 6.92 Å². The van der Waals surface area contributed by atoms with Gasteiger partial charge in [-0.25, -0.2) is 4.98 Å². The van der Waals surface area contributed by atoms with Gasteiger partial charge in [0.15, 0.2) is 0 Å². The van der Waals surface area contributed by atoms with Gasteiger partial charge in [0, 0.05) is 36.0 Å². The van der Waals surface area contributed by atoms with E-state index in [0.29, 0.717) is 12.6 Å². The highest BCUT2D eigenvalue weighted by Crippen LogP contribution is 2.32. The van der Waals surface area contributed by atoms with Crippen LogP contribution in [0.2, 0.25) is 0 Å². The average Bonchev–Trinajstić information content (AvgIpc) is 3.41. The summed E-state index contributed by atoms with van der Waals surface area (Å²) in [5.41, 5.74) is 1.91. The van der Waals surface area contributed by atoms with Crippen LogP contribution in [0.4, 0.5) is 0 Å². The monoisotopic (exact) mass is 401 g/mol. The van der Waals surface area contributed by atoms with Gasteiger partial charge in [-0.05, 0) is 45.1 Å². The van der Waals surface area contributed by atoms with Crippen molar-refractivity contribution in [3.63, 3.8) is 0 Å². The normalized spacial score (nSPS) is 17.6. The van der Waals surface area contributed by atoms with Crippen molar-refractivity contribution in [2.24, 2.45) is 0 Å². The van der Waals surface area contributed by atoms with Crippen LogP contribution in [0.3, 0.4) is 0 Å². The Kier molecular flexibility index (Phi) is 5.10. The van der Waals surface area contributed by atoms with Crippen molar-refractivity contribution in [1.29, 1.82) is 0 Å². The Bertz CT molecular complexity index is 928. The number of aryl methyl sites for hydroxylation is 1. The molecule has 4 heterocycles. The summed E-state index contributed by atoms with van der Waals surface area (Å²) in [5.74, 6) is 1.31. The molecule has 0 aliphatic carbocycles. The van der Waals surface area contributed by atoms with Crippen molar-refractivity contribution < 1.29 is 4.79 Å². The molecule has 142 valence electrons. The molecule has 27 heavy (non-hydrogen) atoms. The maximum Gasteiger partial charge on any atom is 0.265 e. The topological polar surface area (TPSA) is 63.9 Å². The van der Waals surface area contributed by atoms with Gasteiger partial charge in [0.25, 0.3) is 5.91 Å². The lowest BCUT2D eigenvalue weighted by atomic mass is 9.96. The summed E-state index contributed by atoms with van der Waals surface area (Å²) in [6.45, 7) is 7.67. The van der Waals surface area contributed by atoms with Gasteiger partial charge in [0.2, 0.25) is 0 Å². The fraction of sp³-hybridized carbons (Fsp3) is 0.474. The Hall–Kier alpha value is -2.06. The van der Waals surface area contributed by atoms with Crippen LogP contribution in [-0.4, -0.2) is 43.6 Å². The summed E-state index contributed by atoms with van der Waals surface area (Å²) >= 11 is 3.14. The van der Waals surface area contributed by atoms with Gasteiger partial charge >= 0.3 is 0 Å². The van der Waals surface area contributed by atoms with Crippen LogP contribution in [0.25, 0.3) is 10.6 Å². The Labute approximate surface area is 166 Å². The Morgan fingerprint density at radius 1 is 1.37 bits per heavy atom. The predicted molar refractivity (Wildman–Crippen MR) is 108 cm³/mol. The average molecular weight is 402 g/mol. The first kappa shape index (κ1) is 18.3. The third-order valence-corrected chi connectivity index (χ3v) is 6.87. The zero-order valence-corrected chi connectivity index (χ0v) is 17.4. The van der Waals surface area contributed by atoms with Crippen LogP contribution < -0.4 is 0 Å². The maximum atomic E-state index is 13.2. The van der Waals surface area contributed by atoms with E-state index in [1.54, 1.807) is 17.7 Å². The molecule has 0 N–H and O–H groups in total. The number of thiophene rings is 1. The number of aromatic nitrogens is 4. The number of nitrogens with zero attached hydrogens (tertiary/aromatic N) is 5. The molecule has 3 aromatic rings. The Balaban J connectivity index is 1.55. The standard InChI is InChI=1S/C19H23N5OS2/c1-12(2)24-11-20-22-17(24)14-5-4-7-23(9-14)19(25)16-13(3)21-18(27-16)15-6-8-26-10-15/h6,8,10-12,14H,4-5,7,9H2,1-3H3. The number of likely N-dealkylation sites (tertiary alicyclic amines) is 1. The lowest BCUT2D eigenvalue weighted by Crippen LogP contribution is -2.39. The molecule has 1 amide bonds. The van der Waals surface area contributed by atoms with E-state index in [9.17, 15) is 4.79 Å². The molecule has 1 atom stereocenters. The number of hydrogen-bond acceptors (Lipinski definition) is 6. The molecule has 0 spiro atoms. The summed E-state index contributed by atoms with van der Waals surface area (Å²) in [6.07, 6.45) is 3.81. The van der Waals surface area contributed by atoms with E-state index >= 15 is 0 Å². The minimum absolute atomic E-state index is 0.0896. The van der Waals surface area contributed by atoms with Crippen molar-refractivity contribution in [2.45, 2.75) is 45.6 Å². The van der Waals surface area contributed by atoms with Gasteiger partial charge in [0.1, 0.15) is 22.0 Å². The molecule has 1 aliphatic rings. The van der Waals surface area contributed by atoms with Crippen molar-refractivity contribution >= 4 is 28.6 Å². The third kappa shape index (κ3) is 3.55. The van der Waals surface area contributed by atoms with Crippen molar-refractivity contribution in [3.05, 3.63) is 39.5 Å². The molecule has 1 fully saturated rings. The maximum absolute atomic E-state index is 13.2. The largest absolute Gasteiger partial charge is 0.337 e. The minimum Gasteiger partial charge on any atom is -0.337 e. The number of rotatable bonds is 4. The molecule has 6 nitrogen and oxygen atoms in total. The predicted octanol–water partition coefficient (Wildman–Crippen LogP) is 4.37. The smallest absolute Gasteiger partial charge is 0.265 e. The van der Waals surface area contributed by atoms with Crippen LogP contribution in [-0.2, 0) is 0 Å². The molecule has 1 unspecified atom stereocenters. The van der Waals surface area contributed by atoms with E-state index in [1.807, 2.05) is 23.3 Å². The molecule has 0 aromatic carbocycles. The molecule has 1 aliphatic heterocycles. The molecule has 0 radical (unpaired) electrons. The lowest BCUT2D eigenvalue weighted by Gasteiger charge is -2.32. The zero-order chi connectivity index (χ0) is 19.0. The second-order valence-electron chi connectivity index (χ2n) is 7.23. The zero-order valence-electron chi connectivity index (χ0n) is 15.8. The number of hydrogen-bond donors (Lipinski definition) is 0. The number of carbonyl (C=O) groups is 1. The second kappa shape index (κ2) is 7.52. The first-order chi connectivity index (χ1) is 13.0. The van der Waals surface area contributed by atoms with Crippen molar-refractivity contribution in [3.8, 4) is 10.6 Å². The van der Waals surface area contributed by atoms with Gasteiger partial charge in [-0.3, -0.25) is 4.79 Å². The number of thiazole rings is 1. The van der Waals surface area contributed by atoms with E-state index in [2.05, 4.69) is 39.0 Å². The highest BCUT2D eigenvalue weighted by molar-refractivity contribution is 7.17. The molecule has 0 saturated carbocycles. The quantitative estimate of drug-likeness (QED) is 0.651. The van der Waals surface area contributed by atoms with Crippen LogP contribution in [0.5, 0.6) is 0 Å². The van der Waals surface area contributed by atoms with E-state index in [-0.39, 0.29) is 11.8 Å². The molecular formula is C19H23N5OS2. The van der Waals surface area contributed by atoms with E-state index in [4.69, 9.17) is 0 Å². The molecule has 0 bridgehead atoms. The van der Waals surface area contributed by atoms with Gasteiger partial charge in [-0.15, -0.1) is 21.5 Å². The Morgan fingerprint density at radius 3 is 2.96 bits per heavy atom. The van der Waals surface area contributed by atoms with E-state index in [1.165, 1.54) is 11.3 Å². The van der Waals surface area contributed by atoms with Crippen molar-refractivity contribution in [2.75, 3.05) is 13.1 Å². The van der Waals surface area contributed by atoms with E-state index < -0.39 is 0 Å². The minimum atomic E-state index is 0.0896. The molecule has 8 heteroatoms. The van der Waals surface area contributed by atoms with Crippen LogP contribution >= 0.6 is 22.7 Å².